The van der Waals surface area contributed by atoms with Gasteiger partial charge in [0.15, 0.2) is 15.8 Å². The molecule has 154 valence electrons. The van der Waals surface area contributed by atoms with Crippen molar-refractivity contribution in [3.05, 3.63) is 35.9 Å². The van der Waals surface area contributed by atoms with E-state index in [-0.39, 0.29) is 35.5 Å². The van der Waals surface area contributed by atoms with Crippen LogP contribution >= 0.6 is 24.0 Å². The number of guanidine groups is 1. The van der Waals surface area contributed by atoms with Crippen LogP contribution in [0.25, 0.3) is 0 Å². The molecule has 1 fully saturated rings. The summed E-state index contributed by atoms with van der Waals surface area (Å²) in [7, 11) is -2.98. The van der Waals surface area contributed by atoms with Crippen molar-refractivity contribution in [3.8, 4) is 0 Å². The van der Waals surface area contributed by atoms with Gasteiger partial charge in [-0.15, -0.1) is 24.0 Å². The summed E-state index contributed by atoms with van der Waals surface area (Å²) in [4.78, 5) is 6.71. The van der Waals surface area contributed by atoms with Crippen molar-refractivity contribution in [3.63, 3.8) is 0 Å². The van der Waals surface area contributed by atoms with Crippen LogP contribution in [0.2, 0.25) is 0 Å². The summed E-state index contributed by atoms with van der Waals surface area (Å²) < 4.78 is 29.1. The molecular weight excluding hydrogens is 477 g/mol. The van der Waals surface area contributed by atoms with E-state index in [9.17, 15) is 8.42 Å². The normalized spacial score (nSPS) is 17.6. The quantitative estimate of drug-likeness (QED) is 0.315. The number of nitrogens with one attached hydrogen (secondary N) is 1. The Morgan fingerprint density at radius 2 is 2.04 bits per heavy atom. The van der Waals surface area contributed by atoms with Crippen molar-refractivity contribution in [1.29, 1.82) is 0 Å². The standard InChI is InChI=1S/C19H31N3O3S.HI/c1-3-20-19(21-11-13-26(23,24)4-2)22-12-10-18(14-22)16-25-15-17-8-6-5-7-9-17;/h5-9,18H,3-4,10-16H2,1-2H3,(H,20,21);1H. The molecule has 0 aliphatic carbocycles. The number of sulfone groups is 1. The van der Waals surface area contributed by atoms with Crippen molar-refractivity contribution >= 4 is 39.8 Å². The minimum atomic E-state index is -2.98. The Hall–Kier alpha value is -0.870. The van der Waals surface area contributed by atoms with Crippen LogP contribution in [0.1, 0.15) is 25.8 Å². The number of halogens is 1. The van der Waals surface area contributed by atoms with Gasteiger partial charge in [-0.1, -0.05) is 37.3 Å². The van der Waals surface area contributed by atoms with E-state index in [0.29, 0.717) is 19.1 Å². The molecule has 1 unspecified atom stereocenters. The summed E-state index contributed by atoms with van der Waals surface area (Å²) in [6.45, 7) is 7.96. The second kappa shape index (κ2) is 12.6. The van der Waals surface area contributed by atoms with E-state index in [1.165, 1.54) is 5.56 Å². The van der Waals surface area contributed by atoms with E-state index in [2.05, 4.69) is 27.3 Å². The zero-order valence-electron chi connectivity index (χ0n) is 16.3. The lowest BCUT2D eigenvalue weighted by Gasteiger charge is -2.21. The molecule has 0 amide bonds. The Labute approximate surface area is 180 Å². The summed E-state index contributed by atoms with van der Waals surface area (Å²) in [5, 5.41) is 3.27. The fourth-order valence-corrected chi connectivity index (χ4v) is 3.60. The average Bonchev–Trinajstić information content (AvgIpc) is 3.10. The molecule has 0 spiro atoms. The van der Waals surface area contributed by atoms with Crippen molar-refractivity contribution in [2.24, 2.45) is 10.9 Å². The Morgan fingerprint density at radius 3 is 2.70 bits per heavy atom. The third-order valence-corrected chi connectivity index (χ3v) is 6.17. The smallest absolute Gasteiger partial charge is 0.193 e. The molecule has 0 saturated carbocycles. The molecule has 8 heteroatoms. The second-order valence-corrected chi connectivity index (χ2v) is 9.05. The first-order chi connectivity index (χ1) is 12.5. The van der Waals surface area contributed by atoms with Crippen LogP contribution < -0.4 is 5.32 Å². The Kier molecular flexibility index (Phi) is 11.2. The van der Waals surface area contributed by atoms with E-state index in [0.717, 1.165) is 38.6 Å². The van der Waals surface area contributed by atoms with Gasteiger partial charge in [0.1, 0.15) is 0 Å². The fraction of sp³-hybridized carbons (Fsp3) is 0.632. The lowest BCUT2D eigenvalue weighted by molar-refractivity contribution is 0.0907. The topological polar surface area (TPSA) is 71.0 Å². The Balaban J connectivity index is 0.00000364. The van der Waals surface area contributed by atoms with Gasteiger partial charge in [0.05, 0.1) is 25.5 Å². The molecule has 1 aliphatic rings. The maximum atomic E-state index is 11.6. The predicted molar refractivity (Wildman–Crippen MR) is 121 cm³/mol. The van der Waals surface area contributed by atoms with E-state index < -0.39 is 9.84 Å². The van der Waals surface area contributed by atoms with E-state index in [1.807, 2.05) is 25.1 Å². The monoisotopic (exact) mass is 509 g/mol. The van der Waals surface area contributed by atoms with Crippen molar-refractivity contribution in [2.45, 2.75) is 26.9 Å². The maximum absolute atomic E-state index is 11.6. The summed E-state index contributed by atoms with van der Waals surface area (Å²) in [6, 6.07) is 10.2. The van der Waals surface area contributed by atoms with Gasteiger partial charge in [0.2, 0.25) is 0 Å². The summed E-state index contributed by atoms with van der Waals surface area (Å²) in [5.41, 5.74) is 1.19. The zero-order valence-corrected chi connectivity index (χ0v) is 19.4. The summed E-state index contributed by atoms with van der Waals surface area (Å²) in [5.74, 6) is 1.56. The van der Waals surface area contributed by atoms with Gasteiger partial charge in [0, 0.05) is 31.3 Å². The molecule has 0 bridgehead atoms. The van der Waals surface area contributed by atoms with Crippen LogP contribution in [0.3, 0.4) is 0 Å². The number of aliphatic imine (C=N–C) groups is 1. The Morgan fingerprint density at radius 1 is 1.30 bits per heavy atom. The number of rotatable bonds is 9. The van der Waals surface area contributed by atoms with Crippen LogP contribution in [-0.4, -0.2) is 63.6 Å². The third-order valence-electron chi connectivity index (χ3n) is 4.49. The molecule has 6 nitrogen and oxygen atoms in total. The largest absolute Gasteiger partial charge is 0.376 e. The van der Waals surface area contributed by atoms with Crippen LogP contribution in [0.5, 0.6) is 0 Å². The van der Waals surface area contributed by atoms with Gasteiger partial charge in [-0.25, -0.2) is 8.42 Å². The average molecular weight is 509 g/mol. The van der Waals surface area contributed by atoms with Crippen LogP contribution in [-0.2, 0) is 21.2 Å². The van der Waals surface area contributed by atoms with E-state index in [1.54, 1.807) is 6.92 Å². The molecule has 1 atom stereocenters. The first kappa shape index (κ1) is 24.2. The molecule has 0 radical (unpaired) electrons. The first-order valence-corrected chi connectivity index (χ1v) is 11.2. The first-order valence-electron chi connectivity index (χ1n) is 9.39. The van der Waals surface area contributed by atoms with Gasteiger partial charge >= 0.3 is 0 Å². The molecule has 1 N–H and O–H groups in total. The fourth-order valence-electron chi connectivity index (χ4n) is 2.94. The number of likely N-dealkylation sites (tertiary alicyclic amines) is 1. The number of hydrogen-bond acceptors (Lipinski definition) is 4. The highest BCUT2D eigenvalue weighted by molar-refractivity contribution is 14.0. The van der Waals surface area contributed by atoms with Gasteiger partial charge in [-0.3, -0.25) is 4.99 Å². The lowest BCUT2D eigenvalue weighted by Crippen LogP contribution is -2.40. The number of hydrogen-bond donors (Lipinski definition) is 1. The Bertz CT molecular complexity index is 668. The number of nitrogens with zero attached hydrogens (tertiary/aromatic N) is 2. The van der Waals surface area contributed by atoms with Crippen LogP contribution in [0, 0.1) is 5.92 Å². The molecule has 1 aromatic carbocycles. The molecule has 0 aromatic heterocycles. The number of ether oxygens (including phenoxy) is 1. The van der Waals surface area contributed by atoms with Gasteiger partial charge in [-0.2, -0.15) is 0 Å². The molecule has 2 rings (SSSR count). The molecule has 27 heavy (non-hydrogen) atoms. The lowest BCUT2D eigenvalue weighted by atomic mass is 10.1. The van der Waals surface area contributed by atoms with Crippen molar-refractivity contribution in [1.82, 2.24) is 10.2 Å². The highest BCUT2D eigenvalue weighted by atomic mass is 127. The van der Waals surface area contributed by atoms with E-state index in [4.69, 9.17) is 4.74 Å². The van der Waals surface area contributed by atoms with Crippen LogP contribution in [0.4, 0.5) is 0 Å². The predicted octanol–water partition coefficient (Wildman–Crippen LogP) is 2.54. The highest BCUT2D eigenvalue weighted by Gasteiger charge is 2.25. The third kappa shape index (κ3) is 8.78. The molecule has 1 heterocycles. The second-order valence-electron chi connectivity index (χ2n) is 6.57. The minimum Gasteiger partial charge on any atom is -0.376 e. The van der Waals surface area contributed by atoms with Gasteiger partial charge < -0.3 is 15.0 Å². The molecule has 1 aromatic rings. The SMILES string of the molecule is CCNC(=NCCS(=O)(=O)CC)N1CCC(COCc2ccccc2)C1.I. The zero-order chi connectivity index (χ0) is 18.8. The number of benzene rings is 1. The van der Waals surface area contributed by atoms with Crippen LogP contribution in [0.15, 0.2) is 35.3 Å². The molecule has 1 saturated heterocycles. The highest BCUT2D eigenvalue weighted by Crippen LogP contribution is 2.17. The van der Waals surface area contributed by atoms with E-state index >= 15 is 0 Å². The minimum absolute atomic E-state index is 0. The summed E-state index contributed by atoms with van der Waals surface area (Å²) >= 11 is 0. The van der Waals surface area contributed by atoms with Crippen molar-refractivity contribution < 1.29 is 13.2 Å². The van der Waals surface area contributed by atoms with Gasteiger partial charge in [0.25, 0.3) is 0 Å². The maximum Gasteiger partial charge on any atom is 0.193 e. The molecule has 1 aliphatic heterocycles. The van der Waals surface area contributed by atoms with Gasteiger partial charge in [-0.05, 0) is 18.9 Å². The van der Waals surface area contributed by atoms with Crippen molar-refractivity contribution in [2.75, 3.05) is 44.3 Å². The molecular formula is C19H32IN3O3S. The summed E-state index contributed by atoms with van der Waals surface area (Å²) in [6.07, 6.45) is 1.06.